The number of hydrogen-bond acceptors (Lipinski definition) is 5. The van der Waals surface area contributed by atoms with E-state index in [1.807, 2.05) is 41.3 Å². The van der Waals surface area contributed by atoms with Gasteiger partial charge in [0.25, 0.3) is 5.91 Å². The molecule has 39 heavy (non-hydrogen) atoms. The maximum atomic E-state index is 13.7. The van der Waals surface area contributed by atoms with E-state index in [0.717, 1.165) is 53.7 Å². The molecule has 204 valence electrons. The lowest BCUT2D eigenvalue weighted by atomic mass is 10.1. The quantitative estimate of drug-likeness (QED) is 0.217. The SMILES string of the molecule is Cc1c(C(=O)N2CCN(c3ccccc3)CC2)cc(-c2csc(COc3ccccc3Cl)n2)n1CCC(C)C. The summed E-state index contributed by atoms with van der Waals surface area (Å²) in [6.45, 7) is 10.8. The molecule has 5 rings (SSSR count). The first-order valence-electron chi connectivity index (χ1n) is 13.5. The Hall–Kier alpha value is -3.29. The fourth-order valence-electron chi connectivity index (χ4n) is 4.92. The molecule has 2 aromatic carbocycles. The molecule has 0 N–H and O–H groups in total. The van der Waals surface area contributed by atoms with Gasteiger partial charge in [0.1, 0.15) is 17.4 Å². The van der Waals surface area contributed by atoms with Crippen molar-refractivity contribution in [1.29, 1.82) is 0 Å². The number of piperazine rings is 1. The Morgan fingerprint density at radius 3 is 2.49 bits per heavy atom. The number of rotatable bonds is 9. The predicted octanol–water partition coefficient (Wildman–Crippen LogP) is 7.16. The topological polar surface area (TPSA) is 50.6 Å². The van der Waals surface area contributed by atoms with Crippen molar-refractivity contribution in [2.24, 2.45) is 5.92 Å². The van der Waals surface area contributed by atoms with Gasteiger partial charge in [-0.05, 0) is 49.6 Å². The lowest BCUT2D eigenvalue weighted by Gasteiger charge is -2.36. The summed E-state index contributed by atoms with van der Waals surface area (Å²) in [6.07, 6.45) is 1.03. The van der Waals surface area contributed by atoms with Gasteiger partial charge < -0.3 is 19.1 Å². The monoisotopic (exact) mass is 562 g/mol. The highest BCUT2D eigenvalue weighted by molar-refractivity contribution is 7.09. The zero-order valence-corrected chi connectivity index (χ0v) is 24.3. The molecule has 0 radical (unpaired) electrons. The molecular formula is C31H35ClN4O2S. The average Bonchev–Trinajstić information content (AvgIpc) is 3.55. The smallest absolute Gasteiger partial charge is 0.255 e. The molecule has 4 aromatic rings. The van der Waals surface area contributed by atoms with Gasteiger partial charge in [0.15, 0.2) is 0 Å². The van der Waals surface area contributed by atoms with Crippen LogP contribution in [0.3, 0.4) is 0 Å². The van der Waals surface area contributed by atoms with Gasteiger partial charge in [-0.2, -0.15) is 0 Å². The van der Waals surface area contributed by atoms with E-state index in [-0.39, 0.29) is 5.91 Å². The Balaban J connectivity index is 1.34. The van der Waals surface area contributed by atoms with Crippen LogP contribution in [0.2, 0.25) is 5.02 Å². The van der Waals surface area contributed by atoms with Crippen LogP contribution in [0.4, 0.5) is 5.69 Å². The van der Waals surface area contributed by atoms with E-state index in [0.29, 0.717) is 36.4 Å². The van der Waals surface area contributed by atoms with Gasteiger partial charge in [0.05, 0.1) is 22.0 Å². The Morgan fingerprint density at radius 1 is 1.05 bits per heavy atom. The molecule has 3 heterocycles. The second kappa shape index (κ2) is 12.3. The number of halogens is 1. The second-order valence-corrected chi connectivity index (χ2v) is 11.7. The third kappa shape index (κ3) is 6.31. The summed E-state index contributed by atoms with van der Waals surface area (Å²) in [4.78, 5) is 23.0. The van der Waals surface area contributed by atoms with E-state index < -0.39 is 0 Å². The Bertz CT molecular complexity index is 1410. The fraction of sp³-hybridized carbons (Fsp3) is 0.355. The number of ether oxygens (including phenoxy) is 1. The lowest BCUT2D eigenvalue weighted by Crippen LogP contribution is -2.48. The molecule has 0 bridgehead atoms. The molecule has 0 saturated carbocycles. The number of amides is 1. The van der Waals surface area contributed by atoms with Gasteiger partial charge in [0, 0.05) is 49.5 Å². The minimum Gasteiger partial charge on any atom is -0.485 e. The normalized spacial score (nSPS) is 13.8. The van der Waals surface area contributed by atoms with Crippen molar-refractivity contribution in [3.8, 4) is 17.1 Å². The number of carbonyl (C=O) groups is 1. The first-order chi connectivity index (χ1) is 18.9. The average molecular weight is 563 g/mol. The van der Waals surface area contributed by atoms with Crippen LogP contribution in [0, 0.1) is 12.8 Å². The zero-order valence-electron chi connectivity index (χ0n) is 22.8. The number of nitrogens with zero attached hydrogens (tertiary/aromatic N) is 4. The number of benzene rings is 2. The Morgan fingerprint density at radius 2 is 1.77 bits per heavy atom. The van der Waals surface area contributed by atoms with Crippen LogP contribution in [0.25, 0.3) is 11.4 Å². The second-order valence-electron chi connectivity index (χ2n) is 10.3. The van der Waals surface area contributed by atoms with Gasteiger partial charge in [-0.1, -0.05) is 55.8 Å². The number of carbonyl (C=O) groups excluding carboxylic acids is 1. The van der Waals surface area contributed by atoms with E-state index in [2.05, 4.69) is 59.9 Å². The highest BCUT2D eigenvalue weighted by Gasteiger charge is 2.27. The lowest BCUT2D eigenvalue weighted by molar-refractivity contribution is 0.0746. The third-order valence-corrected chi connectivity index (χ3v) is 8.35. The molecular weight excluding hydrogens is 528 g/mol. The summed E-state index contributed by atoms with van der Waals surface area (Å²) in [5.74, 6) is 1.30. The summed E-state index contributed by atoms with van der Waals surface area (Å²) >= 11 is 7.80. The molecule has 1 aliphatic rings. The van der Waals surface area contributed by atoms with Crippen molar-refractivity contribution >= 4 is 34.5 Å². The Labute approximate surface area is 239 Å². The molecule has 0 atom stereocenters. The fourth-order valence-corrected chi connectivity index (χ4v) is 5.81. The van der Waals surface area contributed by atoms with Gasteiger partial charge in [0.2, 0.25) is 0 Å². The van der Waals surface area contributed by atoms with Crippen LogP contribution in [0.5, 0.6) is 5.75 Å². The van der Waals surface area contributed by atoms with Gasteiger partial charge in [-0.25, -0.2) is 4.98 Å². The number of thiazole rings is 1. The number of anilines is 1. The summed E-state index contributed by atoms with van der Waals surface area (Å²) in [7, 11) is 0. The maximum absolute atomic E-state index is 13.7. The van der Waals surface area contributed by atoms with Crippen molar-refractivity contribution in [3.63, 3.8) is 0 Å². The molecule has 0 unspecified atom stereocenters. The summed E-state index contributed by atoms with van der Waals surface area (Å²) in [5.41, 5.74) is 4.84. The van der Waals surface area contributed by atoms with Crippen molar-refractivity contribution in [3.05, 3.63) is 87.3 Å². The molecule has 8 heteroatoms. The zero-order chi connectivity index (χ0) is 27.4. The van der Waals surface area contributed by atoms with E-state index >= 15 is 0 Å². The number of aromatic nitrogens is 2. The van der Waals surface area contributed by atoms with Crippen LogP contribution in [-0.4, -0.2) is 46.5 Å². The highest BCUT2D eigenvalue weighted by atomic mass is 35.5. The standard InChI is InChI=1S/C31H35ClN4O2S/c1-22(2)13-14-36-23(3)25(31(37)35-17-15-34(16-18-35)24-9-5-4-6-10-24)19-28(36)27-21-39-30(33-27)20-38-29-12-8-7-11-26(29)32/h4-12,19,21-22H,13-18,20H2,1-3H3. The van der Waals surface area contributed by atoms with E-state index in [4.69, 9.17) is 21.3 Å². The van der Waals surface area contributed by atoms with Gasteiger partial charge >= 0.3 is 0 Å². The van der Waals surface area contributed by atoms with Crippen LogP contribution >= 0.6 is 22.9 Å². The van der Waals surface area contributed by atoms with Gasteiger partial charge in [-0.15, -0.1) is 11.3 Å². The molecule has 2 aromatic heterocycles. The van der Waals surface area contributed by atoms with E-state index in [1.165, 1.54) is 5.69 Å². The van der Waals surface area contributed by atoms with Crippen LogP contribution in [-0.2, 0) is 13.2 Å². The van der Waals surface area contributed by atoms with Crippen molar-refractivity contribution in [2.45, 2.75) is 40.3 Å². The van der Waals surface area contributed by atoms with Crippen LogP contribution < -0.4 is 9.64 Å². The van der Waals surface area contributed by atoms with E-state index in [1.54, 1.807) is 11.3 Å². The molecule has 6 nitrogen and oxygen atoms in total. The first-order valence-corrected chi connectivity index (χ1v) is 14.8. The predicted molar refractivity (Wildman–Crippen MR) is 160 cm³/mol. The molecule has 1 fully saturated rings. The van der Waals surface area contributed by atoms with Gasteiger partial charge in [-0.3, -0.25) is 4.79 Å². The van der Waals surface area contributed by atoms with Crippen molar-refractivity contribution < 1.29 is 9.53 Å². The molecule has 1 aliphatic heterocycles. The molecule has 1 saturated heterocycles. The minimum atomic E-state index is 0.0993. The van der Waals surface area contributed by atoms with Crippen molar-refractivity contribution in [1.82, 2.24) is 14.5 Å². The number of hydrogen-bond donors (Lipinski definition) is 0. The Kier molecular flexibility index (Phi) is 8.58. The third-order valence-electron chi connectivity index (χ3n) is 7.22. The molecule has 0 aliphatic carbocycles. The first kappa shape index (κ1) is 27.3. The van der Waals surface area contributed by atoms with E-state index in [9.17, 15) is 4.79 Å². The largest absolute Gasteiger partial charge is 0.485 e. The minimum absolute atomic E-state index is 0.0993. The number of para-hydroxylation sites is 2. The van der Waals surface area contributed by atoms with Crippen molar-refractivity contribution in [2.75, 3.05) is 31.1 Å². The summed E-state index contributed by atoms with van der Waals surface area (Å²) in [6, 6.07) is 19.9. The maximum Gasteiger partial charge on any atom is 0.255 e. The highest BCUT2D eigenvalue weighted by Crippen LogP contribution is 2.31. The van der Waals surface area contributed by atoms with Crippen LogP contribution in [0.15, 0.2) is 66.0 Å². The summed E-state index contributed by atoms with van der Waals surface area (Å²) in [5, 5.41) is 3.50. The van der Waals surface area contributed by atoms with Crippen LogP contribution in [0.1, 0.15) is 41.3 Å². The molecule has 1 amide bonds. The summed E-state index contributed by atoms with van der Waals surface area (Å²) < 4.78 is 8.18. The molecule has 0 spiro atoms.